The monoisotopic (exact) mass is 717 g/mol. The lowest BCUT2D eigenvalue weighted by atomic mass is 9.83. The molecule has 2 aliphatic heterocycles. The van der Waals surface area contributed by atoms with Gasteiger partial charge < -0.3 is 52.4 Å². The van der Waals surface area contributed by atoms with E-state index in [0.29, 0.717) is 0 Å². The normalized spacial score (nSPS) is 12.7. The summed E-state index contributed by atoms with van der Waals surface area (Å²) in [7, 11) is 6.79. The van der Waals surface area contributed by atoms with Crippen LogP contribution in [-0.4, -0.2) is 35.2 Å². The Labute approximate surface area is 280 Å². The first-order valence-electron chi connectivity index (χ1n) is 14.9. The molecule has 0 unspecified atom stereocenters. The summed E-state index contributed by atoms with van der Waals surface area (Å²) in [5, 5.41) is 2.20. The third-order valence-electron chi connectivity index (χ3n) is 8.96. The van der Waals surface area contributed by atoms with Crippen LogP contribution in [0.5, 0.6) is 34.5 Å². The molecule has 0 aliphatic carbocycles. The zero-order chi connectivity index (χ0) is 30.2. The van der Waals surface area contributed by atoms with Gasteiger partial charge in [-0.2, -0.15) is 4.57 Å². The zero-order valence-electron chi connectivity index (χ0n) is 25.9. The smallest absolute Gasteiger partial charge is 0.231 e. The first-order chi connectivity index (χ1) is 21.6. The molecule has 0 bridgehead atoms. The van der Waals surface area contributed by atoms with Gasteiger partial charge in [-0.05, 0) is 78.1 Å². The van der Waals surface area contributed by atoms with Crippen molar-refractivity contribution in [3.05, 3.63) is 101 Å². The van der Waals surface area contributed by atoms with Crippen LogP contribution in [-0.2, 0) is 19.4 Å². The minimum atomic E-state index is 0. The van der Waals surface area contributed by atoms with E-state index in [2.05, 4.69) is 53.2 Å². The van der Waals surface area contributed by atoms with Crippen molar-refractivity contribution < 1.29 is 57.0 Å². The van der Waals surface area contributed by atoms with Crippen molar-refractivity contribution >= 4 is 10.8 Å². The van der Waals surface area contributed by atoms with E-state index in [-0.39, 0.29) is 36.7 Å². The van der Waals surface area contributed by atoms with Gasteiger partial charge in [0.15, 0.2) is 35.7 Å². The minimum absolute atomic E-state index is 0. The highest BCUT2D eigenvalue weighted by molar-refractivity contribution is 5.95. The van der Waals surface area contributed by atoms with Crippen LogP contribution in [0.25, 0.3) is 22.0 Å². The number of pyridine rings is 1. The van der Waals surface area contributed by atoms with Crippen LogP contribution in [0, 0.1) is 0 Å². The number of ether oxygens (including phenoxy) is 6. The molecule has 0 atom stereocenters. The van der Waals surface area contributed by atoms with Crippen molar-refractivity contribution in [1.29, 1.82) is 0 Å². The van der Waals surface area contributed by atoms with Gasteiger partial charge in [-0.3, -0.25) is 0 Å². The number of aryl methyl sites for hydroxylation is 3. The minimum Gasteiger partial charge on any atom is -1.00 e. The molecular formula is C37H36INO6. The summed E-state index contributed by atoms with van der Waals surface area (Å²) in [4.78, 5) is 0. The summed E-state index contributed by atoms with van der Waals surface area (Å²) in [6.07, 6.45) is 4.84. The van der Waals surface area contributed by atoms with Gasteiger partial charge in [0.2, 0.25) is 12.5 Å². The molecule has 0 saturated carbocycles. The Kier molecular flexibility index (Phi) is 8.94. The number of nitrogens with zero attached hydrogens (tertiary/aromatic N) is 1. The number of benzene rings is 4. The molecule has 7 rings (SSSR count). The number of aromatic nitrogens is 1. The number of methoxy groups -OCH3 is 4. The van der Waals surface area contributed by atoms with E-state index in [0.717, 1.165) is 71.1 Å². The molecule has 0 spiro atoms. The average Bonchev–Trinajstić information content (AvgIpc) is 3.54. The molecule has 0 radical (unpaired) electrons. The van der Waals surface area contributed by atoms with Crippen molar-refractivity contribution in [3.8, 4) is 45.8 Å². The maximum Gasteiger partial charge on any atom is 0.231 e. The highest BCUT2D eigenvalue weighted by Crippen LogP contribution is 2.44. The van der Waals surface area contributed by atoms with Crippen LogP contribution < -0.4 is 57.0 Å². The van der Waals surface area contributed by atoms with Gasteiger partial charge in [0.05, 0.1) is 39.4 Å². The summed E-state index contributed by atoms with van der Waals surface area (Å²) in [5.41, 5.74) is 7.43. The maximum atomic E-state index is 5.93. The Hall–Kier alpha value is -4.18. The summed E-state index contributed by atoms with van der Waals surface area (Å²) in [6, 6.07) is 25.3. The lowest BCUT2D eigenvalue weighted by molar-refractivity contribution is -0.686. The van der Waals surface area contributed by atoms with Gasteiger partial charge in [-0.15, -0.1) is 0 Å². The lowest BCUT2D eigenvalue weighted by Crippen LogP contribution is -3.00. The molecular weight excluding hydrogens is 681 g/mol. The molecule has 45 heavy (non-hydrogen) atoms. The standard InChI is InChI=1S/C37H36NO6.HI/c1-39-26-9-5-23(6-10-26)28(24-7-11-27(40-2)12-8-24)13-14-30-29-15-16-33(41-3)37(42-4)32(29)21-38-18-17-25-19-34-35(44-22-43-34)20-31(25)36(30)38;/h5-12,15-16,19-21,28H,13-14,17-18,22H2,1-4H3;1H/q+1;/p-1. The second-order valence-electron chi connectivity index (χ2n) is 11.2. The van der Waals surface area contributed by atoms with Crippen LogP contribution in [0.4, 0.5) is 0 Å². The average molecular weight is 718 g/mol. The highest BCUT2D eigenvalue weighted by Gasteiger charge is 2.33. The van der Waals surface area contributed by atoms with Crippen LogP contribution in [0.1, 0.15) is 34.6 Å². The molecule has 3 heterocycles. The number of fused-ring (bicyclic) bond motifs is 5. The third kappa shape index (κ3) is 5.60. The fourth-order valence-corrected chi connectivity index (χ4v) is 6.75. The van der Waals surface area contributed by atoms with Gasteiger partial charge in [-0.1, -0.05) is 24.3 Å². The van der Waals surface area contributed by atoms with Crippen molar-refractivity contribution in [3.63, 3.8) is 0 Å². The van der Waals surface area contributed by atoms with E-state index in [1.807, 2.05) is 30.3 Å². The Morgan fingerprint density at radius 1 is 0.733 bits per heavy atom. The van der Waals surface area contributed by atoms with Crippen molar-refractivity contribution in [1.82, 2.24) is 0 Å². The van der Waals surface area contributed by atoms with E-state index in [9.17, 15) is 0 Å². The third-order valence-corrected chi connectivity index (χ3v) is 8.96. The molecule has 0 fully saturated rings. The molecule has 232 valence electrons. The molecule has 4 aromatic carbocycles. The number of rotatable bonds is 9. The Balaban J connectivity index is 0.00000357. The van der Waals surface area contributed by atoms with E-state index in [1.165, 1.54) is 33.5 Å². The molecule has 2 aliphatic rings. The SMILES string of the molecule is COc1ccc(C(CCc2c3[n+](cc4c(OC)c(OC)ccc24)CCc2cc4c(cc2-3)OCO4)c2ccc(OC)cc2)cc1.[I-]. The molecule has 5 aromatic rings. The second-order valence-corrected chi connectivity index (χ2v) is 11.2. The van der Waals surface area contributed by atoms with Crippen LogP contribution >= 0.6 is 0 Å². The number of halogens is 1. The molecule has 1 aromatic heterocycles. The Bertz CT molecular complexity index is 1790. The van der Waals surface area contributed by atoms with E-state index in [4.69, 9.17) is 28.4 Å². The highest BCUT2D eigenvalue weighted by atomic mass is 127. The molecule has 7 nitrogen and oxygen atoms in total. The number of hydrogen-bond donors (Lipinski definition) is 0. The largest absolute Gasteiger partial charge is 1.00 e. The van der Waals surface area contributed by atoms with Gasteiger partial charge in [0.25, 0.3) is 0 Å². The van der Waals surface area contributed by atoms with E-state index >= 15 is 0 Å². The first-order valence-corrected chi connectivity index (χ1v) is 14.9. The van der Waals surface area contributed by atoms with Crippen LogP contribution in [0.3, 0.4) is 0 Å². The fourth-order valence-electron chi connectivity index (χ4n) is 6.75. The molecule has 0 saturated heterocycles. The van der Waals surface area contributed by atoms with Crippen LogP contribution in [0.15, 0.2) is 79.0 Å². The van der Waals surface area contributed by atoms with Crippen molar-refractivity contribution in [2.24, 2.45) is 0 Å². The predicted octanol–water partition coefficient (Wildman–Crippen LogP) is 3.88. The van der Waals surface area contributed by atoms with E-state index < -0.39 is 0 Å². The van der Waals surface area contributed by atoms with E-state index in [1.54, 1.807) is 28.4 Å². The van der Waals surface area contributed by atoms with Crippen molar-refractivity contribution in [2.45, 2.75) is 31.7 Å². The van der Waals surface area contributed by atoms with Gasteiger partial charge in [0, 0.05) is 23.3 Å². The molecule has 0 N–H and O–H groups in total. The predicted molar refractivity (Wildman–Crippen MR) is 169 cm³/mol. The Morgan fingerprint density at radius 2 is 1.38 bits per heavy atom. The quantitative estimate of drug-likeness (QED) is 0.171. The topological polar surface area (TPSA) is 59.3 Å². The first kappa shape index (κ1) is 30.8. The van der Waals surface area contributed by atoms with Crippen molar-refractivity contribution in [2.75, 3.05) is 35.2 Å². The Morgan fingerprint density at radius 3 is 1.98 bits per heavy atom. The van der Waals surface area contributed by atoms with Gasteiger partial charge in [-0.25, -0.2) is 0 Å². The molecule has 0 amide bonds. The second kappa shape index (κ2) is 13.0. The summed E-state index contributed by atoms with van der Waals surface area (Å²) in [5.74, 6) is 4.94. The fraction of sp³-hybridized carbons (Fsp3) is 0.270. The van der Waals surface area contributed by atoms with Gasteiger partial charge >= 0.3 is 0 Å². The zero-order valence-corrected chi connectivity index (χ0v) is 28.1. The lowest BCUT2D eigenvalue weighted by Gasteiger charge is -2.23. The van der Waals surface area contributed by atoms with Crippen LogP contribution in [0.2, 0.25) is 0 Å². The number of hydrogen-bond acceptors (Lipinski definition) is 6. The van der Waals surface area contributed by atoms with Gasteiger partial charge in [0.1, 0.15) is 11.5 Å². The summed E-state index contributed by atoms with van der Waals surface area (Å²) < 4.78 is 36.5. The maximum absolute atomic E-state index is 5.93. The summed E-state index contributed by atoms with van der Waals surface area (Å²) in [6.45, 7) is 1.11. The molecule has 8 heteroatoms. The summed E-state index contributed by atoms with van der Waals surface area (Å²) >= 11 is 0.